The number of hydrogen-bond acceptors (Lipinski definition) is 1. The predicted octanol–water partition coefficient (Wildman–Crippen LogP) is 3.57. The van der Waals surface area contributed by atoms with E-state index in [1.165, 1.54) is 38.2 Å². The van der Waals surface area contributed by atoms with Crippen molar-refractivity contribution in [1.82, 2.24) is 0 Å². The standard InChI is InChI=1S/C11H24B2O/c1-5-11(6-2)9-10-12(7-3)13(8-4)14-11/h5-10H2,1-4H3. The zero-order valence-corrected chi connectivity index (χ0v) is 10.3. The molecular weight excluding hydrogens is 170 g/mol. The highest BCUT2D eigenvalue weighted by molar-refractivity contribution is 7.19. The van der Waals surface area contributed by atoms with E-state index in [0.717, 1.165) is 6.60 Å². The van der Waals surface area contributed by atoms with Gasteiger partial charge in [-0.25, -0.2) is 0 Å². The molecule has 0 atom stereocenters. The molecule has 80 valence electrons. The van der Waals surface area contributed by atoms with E-state index in [1.807, 2.05) is 0 Å². The molecule has 0 aromatic rings. The summed E-state index contributed by atoms with van der Waals surface area (Å²) in [5.41, 5.74) is 0.215. The van der Waals surface area contributed by atoms with Crippen LogP contribution in [-0.2, 0) is 4.65 Å². The fourth-order valence-electron chi connectivity index (χ4n) is 2.76. The highest BCUT2D eigenvalue weighted by Gasteiger charge is 2.41. The van der Waals surface area contributed by atoms with Gasteiger partial charge < -0.3 is 4.65 Å². The first kappa shape index (κ1) is 12.2. The molecule has 3 heteroatoms. The van der Waals surface area contributed by atoms with Crippen molar-refractivity contribution in [3.63, 3.8) is 0 Å². The molecular formula is C11H24B2O. The molecule has 14 heavy (non-hydrogen) atoms. The maximum atomic E-state index is 6.33. The zero-order chi connectivity index (χ0) is 10.6. The largest absolute Gasteiger partial charge is 0.439 e. The van der Waals surface area contributed by atoms with Crippen LogP contribution in [0.4, 0.5) is 0 Å². The third kappa shape index (κ3) is 2.36. The van der Waals surface area contributed by atoms with Crippen LogP contribution in [-0.4, -0.2) is 19.0 Å². The fourth-order valence-corrected chi connectivity index (χ4v) is 2.76. The molecule has 0 bridgehead atoms. The summed E-state index contributed by atoms with van der Waals surface area (Å²) >= 11 is 0. The minimum atomic E-state index is 0.215. The van der Waals surface area contributed by atoms with Crippen molar-refractivity contribution in [2.75, 3.05) is 0 Å². The van der Waals surface area contributed by atoms with E-state index in [-0.39, 0.29) is 5.60 Å². The van der Waals surface area contributed by atoms with Gasteiger partial charge in [0.2, 0.25) is 0 Å². The second-order valence-corrected chi connectivity index (χ2v) is 4.66. The maximum absolute atomic E-state index is 6.33. The smallest absolute Gasteiger partial charge is 0.256 e. The molecule has 0 saturated carbocycles. The monoisotopic (exact) mass is 194 g/mol. The second-order valence-electron chi connectivity index (χ2n) is 4.66. The van der Waals surface area contributed by atoms with Gasteiger partial charge in [-0.05, 0) is 19.3 Å². The molecule has 1 aliphatic rings. The van der Waals surface area contributed by atoms with E-state index in [9.17, 15) is 0 Å². The Morgan fingerprint density at radius 1 is 1.07 bits per heavy atom. The Morgan fingerprint density at radius 3 is 2.14 bits per heavy atom. The molecule has 1 saturated heterocycles. The van der Waals surface area contributed by atoms with Crippen molar-refractivity contribution >= 4 is 13.4 Å². The van der Waals surface area contributed by atoms with Gasteiger partial charge in [0.15, 0.2) is 0 Å². The van der Waals surface area contributed by atoms with Crippen molar-refractivity contribution < 1.29 is 4.65 Å². The van der Waals surface area contributed by atoms with Gasteiger partial charge >= 0.3 is 0 Å². The summed E-state index contributed by atoms with van der Waals surface area (Å²) in [6.07, 6.45) is 7.46. The van der Waals surface area contributed by atoms with E-state index in [1.54, 1.807) is 0 Å². The van der Waals surface area contributed by atoms with Gasteiger partial charge in [-0.15, -0.1) is 0 Å². The molecule has 0 radical (unpaired) electrons. The van der Waals surface area contributed by atoms with Gasteiger partial charge in [-0.1, -0.05) is 46.7 Å². The van der Waals surface area contributed by atoms with Crippen LogP contribution in [0, 0.1) is 0 Å². The first-order valence-electron chi connectivity index (χ1n) is 6.39. The Hall–Kier alpha value is 0.0899. The molecule has 1 aliphatic heterocycles. The van der Waals surface area contributed by atoms with E-state index in [4.69, 9.17) is 4.65 Å². The molecule has 1 fully saturated rings. The van der Waals surface area contributed by atoms with Crippen LogP contribution in [0.15, 0.2) is 0 Å². The van der Waals surface area contributed by atoms with Crippen LogP contribution in [0.2, 0.25) is 19.0 Å². The average Bonchev–Trinajstić information content (AvgIpc) is 2.28. The Bertz CT molecular complexity index is 169. The van der Waals surface area contributed by atoms with Crippen molar-refractivity contribution in [2.24, 2.45) is 0 Å². The molecule has 0 aromatic heterocycles. The average molecular weight is 194 g/mol. The normalized spacial score (nSPS) is 21.4. The lowest BCUT2D eigenvalue weighted by Gasteiger charge is -2.42. The SMILES string of the molecule is CCB1CCC(CC)(CC)OB1CC. The van der Waals surface area contributed by atoms with E-state index in [2.05, 4.69) is 27.7 Å². The molecule has 1 rings (SSSR count). The lowest BCUT2D eigenvalue weighted by atomic mass is 9.12. The minimum absolute atomic E-state index is 0.215. The summed E-state index contributed by atoms with van der Waals surface area (Å²) in [4.78, 5) is 0. The minimum Gasteiger partial charge on any atom is -0.439 e. The molecule has 0 aromatic carbocycles. The van der Waals surface area contributed by atoms with E-state index >= 15 is 0 Å². The topological polar surface area (TPSA) is 9.23 Å². The van der Waals surface area contributed by atoms with E-state index in [0.29, 0.717) is 6.81 Å². The van der Waals surface area contributed by atoms with Gasteiger partial charge in [-0.3, -0.25) is 0 Å². The van der Waals surface area contributed by atoms with Gasteiger partial charge in [-0.2, -0.15) is 0 Å². The van der Waals surface area contributed by atoms with Crippen LogP contribution >= 0.6 is 0 Å². The lowest BCUT2D eigenvalue weighted by molar-refractivity contribution is 0.0516. The summed E-state index contributed by atoms with van der Waals surface area (Å²) in [5.74, 6) is 0. The van der Waals surface area contributed by atoms with Gasteiger partial charge in [0.25, 0.3) is 6.81 Å². The molecule has 1 heterocycles. The van der Waals surface area contributed by atoms with Crippen LogP contribution in [0.3, 0.4) is 0 Å². The Balaban J connectivity index is 2.63. The predicted molar refractivity (Wildman–Crippen MR) is 66.3 cm³/mol. The summed E-state index contributed by atoms with van der Waals surface area (Å²) in [6, 6.07) is 0. The quantitative estimate of drug-likeness (QED) is 0.621. The first-order chi connectivity index (χ1) is 6.71. The number of rotatable bonds is 4. The highest BCUT2D eigenvalue weighted by atomic mass is 16.5. The van der Waals surface area contributed by atoms with Gasteiger partial charge in [0.1, 0.15) is 6.60 Å². The van der Waals surface area contributed by atoms with E-state index < -0.39 is 0 Å². The molecule has 1 nitrogen and oxygen atoms in total. The summed E-state index contributed by atoms with van der Waals surface area (Å²) in [7, 11) is 0. The third-order valence-electron chi connectivity index (χ3n) is 4.11. The van der Waals surface area contributed by atoms with Gasteiger partial charge in [0.05, 0.1) is 0 Å². The van der Waals surface area contributed by atoms with Crippen LogP contribution in [0.5, 0.6) is 0 Å². The lowest BCUT2D eigenvalue weighted by Crippen LogP contribution is -2.51. The van der Waals surface area contributed by atoms with Crippen LogP contribution in [0.25, 0.3) is 0 Å². The van der Waals surface area contributed by atoms with Crippen molar-refractivity contribution in [2.45, 2.75) is 71.5 Å². The molecule has 0 N–H and O–H groups in total. The summed E-state index contributed by atoms with van der Waals surface area (Å²) < 4.78 is 6.33. The van der Waals surface area contributed by atoms with Crippen molar-refractivity contribution in [3.8, 4) is 0 Å². The van der Waals surface area contributed by atoms with Gasteiger partial charge in [0, 0.05) is 5.60 Å². The second kappa shape index (κ2) is 5.25. The fraction of sp³-hybridized carbons (Fsp3) is 1.00. The molecule has 0 amide bonds. The van der Waals surface area contributed by atoms with Crippen LogP contribution in [0.1, 0.15) is 47.0 Å². The summed E-state index contributed by atoms with van der Waals surface area (Å²) in [6.45, 7) is 10.4. The maximum Gasteiger partial charge on any atom is 0.256 e. The van der Waals surface area contributed by atoms with Crippen molar-refractivity contribution in [1.29, 1.82) is 0 Å². The molecule has 0 spiro atoms. The Morgan fingerprint density at radius 2 is 1.71 bits per heavy atom. The van der Waals surface area contributed by atoms with Crippen molar-refractivity contribution in [3.05, 3.63) is 0 Å². The Labute approximate surface area is 90.2 Å². The molecule has 0 aliphatic carbocycles. The molecule has 0 unspecified atom stereocenters. The summed E-state index contributed by atoms with van der Waals surface area (Å²) in [5, 5.41) is 0. The zero-order valence-electron chi connectivity index (χ0n) is 10.3. The van der Waals surface area contributed by atoms with Crippen LogP contribution < -0.4 is 0 Å². The highest BCUT2D eigenvalue weighted by Crippen LogP contribution is 2.34. The third-order valence-corrected chi connectivity index (χ3v) is 4.11. The first-order valence-corrected chi connectivity index (χ1v) is 6.39. The number of hydrogen-bond donors (Lipinski definition) is 0. The Kier molecular flexibility index (Phi) is 4.56.